The maximum Gasteiger partial charge on any atom is 0.226 e. The third-order valence-corrected chi connectivity index (χ3v) is 6.44. The van der Waals surface area contributed by atoms with Gasteiger partial charge in [-0.25, -0.2) is 15.0 Å². The van der Waals surface area contributed by atoms with E-state index in [9.17, 15) is 9.50 Å². The molecule has 1 aliphatic heterocycles. The van der Waals surface area contributed by atoms with Gasteiger partial charge < -0.3 is 14.6 Å². The number of benzene rings is 1. The fourth-order valence-corrected chi connectivity index (χ4v) is 4.63. The Morgan fingerprint density at radius 2 is 1.94 bits per heavy atom. The van der Waals surface area contributed by atoms with Crippen molar-refractivity contribution in [2.75, 3.05) is 24.4 Å². The molecule has 1 aliphatic rings. The van der Waals surface area contributed by atoms with E-state index in [2.05, 4.69) is 34.4 Å². The highest BCUT2D eigenvalue weighted by Crippen LogP contribution is 2.37. The number of aromatic nitrogens is 4. The summed E-state index contributed by atoms with van der Waals surface area (Å²) in [4.78, 5) is 17.8. The normalized spacial score (nSPS) is 15.8. The zero-order valence-corrected chi connectivity index (χ0v) is 20.0. The number of halogens is 1. The largest absolute Gasteiger partial charge is 0.392 e. The van der Waals surface area contributed by atoms with Crippen molar-refractivity contribution in [3.63, 3.8) is 0 Å². The van der Waals surface area contributed by atoms with Gasteiger partial charge in [0.2, 0.25) is 5.95 Å². The first-order valence-electron chi connectivity index (χ1n) is 10.7. The van der Waals surface area contributed by atoms with Crippen LogP contribution in [0.1, 0.15) is 49.5 Å². The quantitative estimate of drug-likeness (QED) is 0.579. The number of fused-ring (bicyclic) bond motifs is 3. The lowest BCUT2D eigenvalue weighted by molar-refractivity contribution is 0.279. The number of thioether (sulfide) groups is 1. The van der Waals surface area contributed by atoms with E-state index in [1.807, 2.05) is 32.4 Å². The molecule has 3 aromatic rings. The first kappa shape index (κ1) is 23.5. The predicted molar refractivity (Wildman–Crippen MR) is 126 cm³/mol. The molecule has 3 heterocycles. The molecule has 4 rings (SSSR count). The highest BCUT2D eigenvalue weighted by Gasteiger charge is 2.34. The summed E-state index contributed by atoms with van der Waals surface area (Å²) in [7, 11) is 0. The van der Waals surface area contributed by atoms with Crippen molar-refractivity contribution in [3.8, 4) is 0 Å². The molecule has 0 radical (unpaired) electrons. The first-order valence-corrected chi connectivity index (χ1v) is 11.9. The third-order valence-electron chi connectivity index (χ3n) is 5.62. The van der Waals surface area contributed by atoms with Gasteiger partial charge in [0.25, 0.3) is 0 Å². The van der Waals surface area contributed by atoms with Crippen LogP contribution in [0, 0.1) is 19.8 Å². The zero-order chi connectivity index (χ0) is 22.7. The summed E-state index contributed by atoms with van der Waals surface area (Å²) in [6.45, 7) is 11.4. The Hall–Kier alpha value is -2.19. The summed E-state index contributed by atoms with van der Waals surface area (Å²) < 4.78 is 12.6. The van der Waals surface area contributed by atoms with Crippen molar-refractivity contribution in [1.29, 1.82) is 0 Å². The van der Waals surface area contributed by atoms with Crippen LogP contribution < -0.4 is 4.90 Å². The lowest BCUT2D eigenvalue weighted by atomic mass is 10.00. The average Bonchev–Trinajstić information content (AvgIpc) is 3.11. The van der Waals surface area contributed by atoms with Gasteiger partial charge in [-0.15, -0.1) is 11.8 Å². The Morgan fingerprint density at radius 1 is 1.23 bits per heavy atom. The lowest BCUT2D eigenvalue weighted by Gasteiger charge is -2.38. The van der Waals surface area contributed by atoms with Gasteiger partial charge in [-0.3, -0.25) is 4.39 Å². The SMILES string of the molecule is CCF.CSc1cc2c(cc1CO)nc1n2CCN(c2ncc(C)c(C)n2)C1C(C)C. The number of aryl methyl sites for hydroxylation is 2. The predicted octanol–water partition coefficient (Wildman–Crippen LogP) is 4.85. The lowest BCUT2D eigenvalue weighted by Crippen LogP contribution is -2.42. The summed E-state index contributed by atoms with van der Waals surface area (Å²) >= 11 is 1.66. The number of anilines is 1. The number of aliphatic hydroxyl groups is 1. The van der Waals surface area contributed by atoms with Crippen LogP contribution in [0.3, 0.4) is 0 Å². The number of imidazole rings is 1. The minimum atomic E-state index is -0.250. The Bertz CT molecular complexity index is 1050. The van der Waals surface area contributed by atoms with Gasteiger partial charge in [-0.05, 0) is 56.2 Å². The van der Waals surface area contributed by atoms with Crippen molar-refractivity contribution >= 4 is 28.7 Å². The second-order valence-corrected chi connectivity index (χ2v) is 8.87. The topological polar surface area (TPSA) is 67.1 Å². The molecule has 0 fully saturated rings. The van der Waals surface area contributed by atoms with Gasteiger partial charge in [-0.1, -0.05) is 13.8 Å². The monoisotopic (exact) mass is 445 g/mol. The van der Waals surface area contributed by atoms with Crippen LogP contribution in [0.5, 0.6) is 0 Å². The molecule has 0 aliphatic carbocycles. The van der Waals surface area contributed by atoms with Gasteiger partial charge in [0.1, 0.15) is 5.82 Å². The summed E-state index contributed by atoms with van der Waals surface area (Å²) in [5, 5.41) is 9.72. The molecule has 1 unspecified atom stereocenters. The van der Waals surface area contributed by atoms with Gasteiger partial charge in [-0.2, -0.15) is 0 Å². The molecule has 0 saturated carbocycles. The van der Waals surface area contributed by atoms with Crippen molar-refractivity contribution in [2.24, 2.45) is 5.92 Å². The van der Waals surface area contributed by atoms with Crippen LogP contribution in [0.2, 0.25) is 0 Å². The van der Waals surface area contributed by atoms with Gasteiger partial charge >= 0.3 is 0 Å². The zero-order valence-electron chi connectivity index (χ0n) is 19.2. The molecule has 2 aromatic heterocycles. The van der Waals surface area contributed by atoms with Crippen molar-refractivity contribution in [1.82, 2.24) is 19.5 Å². The third kappa shape index (κ3) is 4.55. The van der Waals surface area contributed by atoms with Gasteiger partial charge in [0.15, 0.2) is 0 Å². The second-order valence-electron chi connectivity index (χ2n) is 8.02. The Labute approximate surface area is 187 Å². The van der Waals surface area contributed by atoms with E-state index >= 15 is 0 Å². The smallest absolute Gasteiger partial charge is 0.226 e. The minimum absolute atomic E-state index is 0.0323. The maximum atomic E-state index is 10.3. The number of hydrogen-bond donors (Lipinski definition) is 1. The van der Waals surface area contributed by atoms with E-state index in [0.29, 0.717) is 5.92 Å². The fraction of sp³-hybridized carbons (Fsp3) is 0.522. The number of nitrogens with zero attached hydrogens (tertiary/aromatic N) is 5. The first-order chi connectivity index (χ1) is 14.9. The second kappa shape index (κ2) is 9.96. The summed E-state index contributed by atoms with van der Waals surface area (Å²) in [6.07, 6.45) is 3.95. The van der Waals surface area contributed by atoms with Gasteiger partial charge in [0, 0.05) is 29.9 Å². The van der Waals surface area contributed by atoms with Crippen LogP contribution >= 0.6 is 11.8 Å². The summed E-state index contributed by atoms with van der Waals surface area (Å²) in [5.41, 5.74) is 5.15. The molecule has 0 bridgehead atoms. The van der Waals surface area contributed by atoms with Crippen molar-refractivity contribution in [3.05, 3.63) is 41.0 Å². The van der Waals surface area contributed by atoms with Crippen molar-refractivity contribution in [2.45, 2.75) is 58.7 Å². The molecule has 31 heavy (non-hydrogen) atoms. The van der Waals surface area contributed by atoms with E-state index in [1.165, 1.54) is 6.92 Å². The molecular weight excluding hydrogens is 413 g/mol. The van der Waals surface area contributed by atoms with Crippen LogP contribution in [0.15, 0.2) is 23.2 Å². The molecule has 168 valence electrons. The molecular formula is C23H32FN5OS. The molecule has 1 atom stereocenters. The summed E-state index contributed by atoms with van der Waals surface area (Å²) in [6, 6.07) is 4.31. The fourth-order valence-electron chi connectivity index (χ4n) is 4.01. The van der Waals surface area contributed by atoms with E-state index < -0.39 is 0 Å². The standard InChI is InChI=1S/C21H27N5OS.C2H5F/c1-12(2)19-20-24-16-8-15(11-27)18(28-5)9-17(16)25(20)6-7-26(19)21-22-10-13(3)14(4)23-21;1-2-3/h8-10,12,19,27H,6-7,11H2,1-5H3;2H2,1H3. The Balaban J connectivity index is 0.000000858. The number of rotatable bonds is 4. The summed E-state index contributed by atoms with van der Waals surface area (Å²) in [5.74, 6) is 2.19. The number of alkyl halides is 1. The number of aliphatic hydroxyl groups excluding tert-OH is 1. The Kier molecular flexibility index (Phi) is 7.54. The van der Waals surface area contributed by atoms with Crippen molar-refractivity contribution < 1.29 is 9.50 Å². The van der Waals surface area contributed by atoms with Crippen LogP contribution in [0.4, 0.5) is 10.3 Å². The van der Waals surface area contributed by atoms with E-state index in [-0.39, 0.29) is 19.3 Å². The Morgan fingerprint density at radius 3 is 2.52 bits per heavy atom. The van der Waals surface area contributed by atoms with Crippen LogP contribution in [-0.4, -0.2) is 44.1 Å². The minimum Gasteiger partial charge on any atom is -0.392 e. The van der Waals surface area contributed by atoms with Crippen LogP contribution in [-0.2, 0) is 13.2 Å². The maximum absolute atomic E-state index is 10.3. The highest BCUT2D eigenvalue weighted by molar-refractivity contribution is 7.98. The molecule has 1 N–H and O–H groups in total. The van der Waals surface area contributed by atoms with E-state index in [4.69, 9.17) is 9.97 Å². The van der Waals surface area contributed by atoms with E-state index in [1.54, 1.807) is 11.8 Å². The molecule has 8 heteroatoms. The van der Waals surface area contributed by atoms with Crippen LogP contribution in [0.25, 0.3) is 11.0 Å². The molecule has 0 saturated heterocycles. The average molecular weight is 446 g/mol. The van der Waals surface area contributed by atoms with Gasteiger partial charge in [0.05, 0.1) is 30.4 Å². The highest BCUT2D eigenvalue weighted by atomic mass is 32.2. The molecule has 0 spiro atoms. The van der Waals surface area contributed by atoms with E-state index in [0.717, 1.165) is 57.6 Å². The molecule has 1 aromatic carbocycles. The molecule has 6 nitrogen and oxygen atoms in total. The number of hydrogen-bond acceptors (Lipinski definition) is 6. The molecule has 0 amide bonds.